The fraction of sp³-hybridized carbons (Fsp3) is 0.312. The van der Waals surface area contributed by atoms with Crippen LogP contribution in [0.2, 0.25) is 0 Å². The molecule has 120 valence electrons. The topological polar surface area (TPSA) is 77.2 Å². The van der Waals surface area contributed by atoms with E-state index < -0.39 is 0 Å². The molecule has 0 atom stereocenters. The smallest absolute Gasteiger partial charge is 0.220 e. The number of aromatic nitrogens is 2. The first kappa shape index (κ1) is 15.5. The summed E-state index contributed by atoms with van der Waals surface area (Å²) in [6.45, 7) is 2.23. The van der Waals surface area contributed by atoms with E-state index in [9.17, 15) is 4.79 Å². The summed E-state index contributed by atoms with van der Waals surface area (Å²) >= 11 is 1.58. The Hall–Kier alpha value is -2.41. The molecule has 6 nitrogen and oxygen atoms in total. The maximum Gasteiger partial charge on any atom is 0.220 e. The van der Waals surface area contributed by atoms with E-state index >= 15 is 0 Å². The van der Waals surface area contributed by atoms with Gasteiger partial charge in [-0.25, -0.2) is 9.97 Å². The average Bonchev–Trinajstić information content (AvgIpc) is 3.15. The molecule has 23 heavy (non-hydrogen) atoms. The third-order valence-electron chi connectivity index (χ3n) is 3.50. The zero-order valence-corrected chi connectivity index (χ0v) is 13.8. The van der Waals surface area contributed by atoms with Gasteiger partial charge in [-0.15, -0.1) is 11.3 Å². The van der Waals surface area contributed by atoms with Gasteiger partial charge in [-0.2, -0.15) is 0 Å². The molecular formula is C16H17N3O3S. The van der Waals surface area contributed by atoms with Crippen molar-refractivity contribution in [3.05, 3.63) is 40.2 Å². The number of aryl methyl sites for hydroxylation is 2. The summed E-state index contributed by atoms with van der Waals surface area (Å²) in [6.07, 6.45) is 1.13. The molecule has 0 saturated carbocycles. The van der Waals surface area contributed by atoms with Gasteiger partial charge in [0.1, 0.15) is 11.3 Å². The minimum absolute atomic E-state index is 0.0300. The van der Waals surface area contributed by atoms with Crippen LogP contribution in [0.1, 0.15) is 22.9 Å². The van der Waals surface area contributed by atoms with Gasteiger partial charge in [-0.05, 0) is 25.5 Å². The fourth-order valence-corrected chi connectivity index (χ4v) is 2.99. The molecule has 0 fully saturated rings. The normalized spacial score (nSPS) is 10.9. The Bertz CT molecular complexity index is 825. The van der Waals surface area contributed by atoms with Crippen molar-refractivity contribution in [1.82, 2.24) is 15.3 Å². The number of carbonyl (C=O) groups is 1. The van der Waals surface area contributed by atoms with Crippen molar-refractivity contribution >= 4 is 28.3 Å². The Morgan fingerprint density at radius 2 is 2.30 bits per heavy atom. The molecule has 0 unspecified atom stereocenters. The number of oxazole rings is 1. The summed E-state index contributed by atoms with van der Waals surface area (Å²) in [6, 6.07) is 5.42. The van der Waals surface area contributed by atoms with Gasteiger partial charge in [0.15, 0.2) is 5.58 Å². The first-order valence-corrected chi connectivity index (χ1v) is 8.13. The van der Waals surface area contributed by atoms with Gasteiger partial charge in [-0.3, -0.25) is 4.79 Å². The van der Waals surface area contributed by atoms with Crippen LogP contribution in [0.4, 0.5) is 0 Å². The second-order valence-electron chi connectivity index (χ2n) is 5.08. The van der Waals surface area contributed by atoms with Crippen LogP contribution < -0.4 is 10.1 Å². The number of carbonyl (C=O) groups excluding carboxylic acids is 1. The number of hydrogen-bond donors (Lipinski definition) is 1. The van der Waals surface area contributed by atoms with E-state index in [1.54, 1.807) is 36.1 Å². The van der Waals surface area contributed by atoms with Crippen molar-refractivity contribution in [3.8, 4) is 5.75 Å². The second-order valence-corrected chi connectivity index (χ2v) is 6.02. The monoisotopic (exact) mass is 331 g/mol. The second kappa shape index (κ2) is 6.78. The highest BCUT2D eigenvalue weighted by atomic mass is 32.1. The van der Waals surface area contributed by atoms with Crippen LogP contribution in [0.15, 0.2) is 28.1 Å². The molecule has 1 amide bonds. The first-order valence-electron chi connectivity index (χ1n) is 7.25. The van der Waals surface area contributed by atoms with E-state index in [1.165, 1.54) is 0 Å². The zero-order chi connectivity index (χ0) is 16.2. The van der Waals surface area contributed by atoms with Gasteiger partial charge in [0.25, 0.3) is 0 Å². The average molecular weight is 331 g/mol. The molecule has 0 radical (unpaired) electrons. The van der Waals surface area contributed by atoms with Crippen LogP contribution in [0, 0.1) is 6.92 Å². The van der Waals surface area contributed by atoms with Crippen LogP contribution in [-0.4, -0.2) is 23.0 Å². The Balaban J connectivity index is 1.55. The van der Waals surface area contributed by atoms with E-state index in [2.05, 4.69) is 15.3 Å². The largest absolute Gasteiger partial charge is 0.497 e. The third-order valence-corrected chi connectivity index (χ3v) is 4.49. The lowest BCUT2D eigenvalue weighted by molar-refractivity contribution is -0.121. The maximum atomic E-state index is 11.9. The van der Waals surface area contributed by atoms with E-state index in [0.717, 1.165) is 16.3 Å². The summed E-state index contributed by atoms with van der Waals surface area (Å²) in [4.78, 5) is 21.6. The summed E-state index contributed by atoms with van der Waals surface area (Å²) in [5.41, 5.74) is 4.19. The quantitative estimate of drug-likeness (QED) is 0.751. The number of rotatable bonds is 6. The maximum absolute atomic E-state index is 11.9. The highest BCUT2D eigenvalue weighted by Crippen LogP contribution is 2.21. The van der Waals surface area contributed by atoms with Gasteiger partial charge in [0, 0.05) is 17.4 Å². The fourth-order valence-electron chi connectivity index (χ4n) is 2.21. The predicted molar refractivity (Wildman–Crippen MR) is 87.6 cm³/mol. The molecule has 0 aliphatic rings. The lowest BCUT2D eigenvalue weighted by Crippen LogP contribution is -2.23. The minimum atomic E-state index is -0.0300. The lowest BCUT2D eigenvalue weighted by atomic mass is 10.2. The number of nitrogens with one attached hydrogen (secondary N) is 1. The summed E-state index contributed by atoms with van der Waals surface area (Å²) in [5, 5.41) is 2.83. The zero-order valence-electron chi connectivity index (χ0n) is 13.0. The first-order chi connectivity index (χ1) is 11.2. The predicted octanol–water partition coefficient (Wildman–Crippen LogP) is 2.85. The van der Waals surface area contributed by atoms with Gasteiger partial charge in [0.2, 0.25) is 11.8 Å². The standard InChI is InChI=1S/C16H17N3O3S/c1-10-14(23-9-18-10)5-6-15(20)17-8-16-19-12-7-11(21-2)3-4-13(12)22-16/h3-4,7,9H,5-6,8H2,1-2H3,(H,17,20). The van der Waals surface area contributed by atoms with E-state index in [-0.39, 0.29) is 12.5 Å². The van der Waals surface area contributed by atoms with E-state index in [0.29, 0.717) is 29.8 Å². The van der Waals surface area contributed by atoms with Crippen molar-refractivity contribution in [2.75, 3.05) is 7.11 Å². The van der Waals surface area contributed by atoms with E-state index in [4.69, 9.17) is 9.15 Å². The number of nitrogens with zero attached hydrogens (tertiary/aromatic N) is 2. The van der Waals surface area contributed by atoms with Crippen molar-refractivity contribution in [2.45, 2.75) is 26.3 Å². The Morgan fingerprint density at radius 1 is 1.43 bits per heavy atom. The van der Waals surface area contributed by atoms with Crippen molar-refractivity contribution in [2.24, 2.45) is 0 Å². The molecule has 7 heteroatoms. The number of benzene rings is 1. The number of amides is 1. The number of thiazole rings is 1. The van der Waals surface area contributed by atoms with Crippen LogP contribution in [0.3, 0.4) is 0 Å². The Morgan fingerprint density at radius 3 is 3.04 bits per heavy atom. The van der Waals surface area contributed by atoms with E-state index in [1.807, 2.05) is 13.0 Å². The molecule has 1 aromatic carbocycles. The van der Waals surface area contributed by atoms with Gasteiger partial charge in [-0.1, -0.05) is 0 Å². The van der Waals surface area contributed by atoms with Crippen molar-refractivity contribution in [3.63, 3.8) is 0 Å². The molecule has 1 N–H and O–H groups in total. The van der Waals surface area contributed by atoms with Crippen molar-refractivity contribution < 1.29 is 13.9 Å². The highest BCUT2D eigenvalue weighted by molar-refractivity contribution is 7.09. The molecule has 0 spiro atoms. The highest BCUT2D eigenvalue weighted by Gasteiger charge is 2.10. The molecule has 0 saturated heterocycles. The molecular weight excluding hydrogens is 314 g/mol. The summed E-state index contributed by atoms with van der Waals surface area (Å²) in [5.74, 6) is 1.18. The number of ether oxygens (including phenoxy) is 1. The molecule has 0 aliphatic carbocycles. The van der Waals surface area contributed by atoms with Gasteiger partial charge < -0.3 is 14.5 Å². The van der Waals surface area contributed by atoms with Crippen LogP contribution >= 0.6 is 11.3 Å². The molecule has 0 bridgehead atoms. The molecule has 3 aromatic rings. The number of hydrogen-bond acceptors (Lipinski definition) is 6. The molecule has 2 heterocycles. The van der Waals surface area contributed by atoms with Crippen LogP contribution in [-0.2, 0) is 17.8 Å². The SMILES string of the molecule is COc1ccc2oc(CNC(=O)CCc3scnc3C)nc2c1. The van der Waals surface area contributed by atoms with Crippen LogP contribution in [0.5, 0.6) is 5.75 Å². The van der Waals surface area contributed by atoms with Crippen LogP contribution in [0.25, 0.3) is 11.1 Å². The number of methoxy groups -OCH3 is 1. The molecule has 2 aromatic heterocycles. The molecule has 0 aliphatic heterocycles. The number of fused-ring (bicyclic) bond motifs is 1. The Labute approximate surface area is 137 Å². The van der Waals surface area contributed by atoms with Gasteiger partial charge >= 0.3 is 0 Å². The summed E-state index contributed by atoms with van der Waals surface area (Å²) in [7, 11) is 1.60. The molecule has 3 rings (SSSR count). The third kappa shape index (κ3) is 3.68. The van der Waals surface area contributed by atoms with Crippen molar-refractivity contribution in [1.29, 1.82) is 0 Å². The van der Waals surface area contributed by atoms with Gasteiger partial charge in [0.05, 0.1) is 24.9 Å². The summed E-state index contributed by atoms with van der Waals surface area (Å²) < 4.78 is 10.7. The lowest BCUT2D eigenvalue weighted by Gasteiger charge is -2.02. The minimum Gasteiger partial charge on any atom is -0.497 e. The Kier molecular flexibility index (Phi) is 4.57.